The van der Waals surface area contributed by atoms with Crippen LogP contribution in [0.5, 0.6) is 5.75 Å². The Morgan fingerprint density at radius 2 is 1.75 bits per heavy atom. The maximum absolute atomic E-state index is 12.6. The fourth-order valence-corrected chi connectivity index (χ4v) is 2.66. The highest BCUT2D eigenvalue weighted by Gasteiger charge is 2.28. The van der Waals surface area contributed by atoms with Gasteiger partial charge in [-0.3, -0.25) is 4.79 Å². The van der Waals surface area contributed by atoms with Crippen molar-refractivity contribution in [3.05, 3.63) is 29.3 Å². The molecule has 0 radical (unpaired) electrons. The van der Waals surface area contributed by atoms with E-state index in [1.165, 1.54) is 0 Å². The number of hydrogen-bond donors (Lipinski definition) is 0. The molecule has 132 valence electrons. The van der Waals surface area contributed by atoms with Crippen molar-refractivity contribution in [3.63, 3.8) is 0 Å². The van der Waals surface area contributed by atoms with Crippen molar-refractivity contribution in [1.82, 2.24) is 9.80 Å². The lowest BCUT2D eigenvalue weighted by Gasteiger charge is -2.35. The van der Waals surface area contributed by atoms with Crippen molar-refractivity contribution < 1.29 is 19.1 Å². The molecule has 0 bridgehead atoms. The lowest BCUT2D eigenvalue weighted by atomic mass is 10.1. The second-order valence-electron chi connectivity index (χ2n) is 6.04. The van der Waals surface area contributed by atoms with E-state index < -0.39 is 6.10 Å². The Hall–Kier alpha value is -2.24. The first kappa shape index (κ1) is 18.1. The van der Waals surface area contributed by atoms with Gasteiger partial charge in [0.1, 0.15) is 5.75 Å². The second-order valence-corrected chi connectivity index (χ2v) is 6.04. The Morgan fingerprint density at radius 1 is 1.12 bits per heavy atom. The highest BCUT2D eigenvalue weighted by atomic mass is 16.6. The summed E-state index contributed by atoms with van der Waals surface area (Å²) in [6.07, 6.45) is -0.871. The van der Waals surface area contributed by atoms with Crippen LogP contribution in [-0.4, -0.2) is 60.7 Å². The predicted octanol–water partition coefficient (Wildman–Crippen LogP) is 2.37. The predicted molar refractivity (Wildman–Crippen MR) is 91.2 cm³/mol. The molecule has 1 aromatic rings. The van der Waals surface area contributed by atoms with Gasteiger partial charge in [-0.1, -0.05) is 12.1 Å². The summed E-state index contributed by atoms with van der Waals surface area (Å²) in [5.41, 5.74) is 2.10. The maximum atomic E-state index is 12.6. The van der Waals surface area contributed by atoms with E-state index in [1.54, 1.807) is 23.6 Å². The first-order valence-corrected chi connectivity index (χ1v) is 8.36. The fourth-order valence-electron chi connectivity index (χ4n) is 2.66. The summed E-state index contributed by atoms with van der Waals surface area (Å²) < 4.78 is 10.8. The molecule has 0 saturated carbocycles. The van der Waals surface area contributed by atoms with Crippen molar-refractivity contribution in [1.29, 1.82) is 0 Å². The van der Waals surface area contributed by atoms with E-state index in [4.69, 9.17) is 9.47 Å². The summed E-state index contributed by atoms with van der Waals surface area (Å²) in [7, 11) is 0. The molecule has 24 heavy (non-hydrogen) atoms. The fraction of sp³-hybridized carbons (Fsp3) is 0.556. The van der Waals surface area contributed by atoms with Crippen molar-refractivity contribution in [3.8, 4) is 5.75 Å². The van der Waals surface area contributed by atoms with Gasteiger partial charge in [-0.2, -0.15) is 0 Å². The molecule has 0 aliphatic carbocycles. The lowest BCUT2D eigenvalue weighted by molar-refractivity contribution is -0.139. The molecule has 1 heterocycles. The van der Waals surface area contributed by atoms with E-state index >= 15 is 0 Å². The van der Waals surface area contributed by atoms with E-state index in [-0.39, 0.29) is 12.0 Å². The number of aryl methyl sites for hydroxylation is 2. The molecular weight excluding hydrogens is 308 g/mol. The Balaban J connectivity index is 1.90. The molecule has 1 aliphatic rings. The Bertz CT molecular complexity index is 595. The number of hydrogen-bond acceptors (Lipinski definition) is 4. The maximum Gasteiger partial charge on any atom is 0.409 e. The average molecular weight is 334 g/mol. The van der Waals surface area contributed by atoms with E-state index in [0.717, 1.165) is 16.9 Å². The largest absolute Gasteiger partial charge is 0.481 e. The second kappa shape index (κ2) is 8.04. The quantitative estimate of drug-likeness (QED) is 0.848. The monoisotopic (exact) mass is 334 g/mol. The van der Waals surface area contributed by atoms with Crippen molar-refractivity contribution >= 4 is 12.0 Å². The van der Waals surface area contributed by atoms with E-state index in [0.29, 0.717) is 32.8 Å². The minimum absolute atomic E-state index is 0.0561. The summed E-state index contributed by atoms with van der Waals surface area (Å²) in [5, 5.41) is 0. The number of nitrogens with zero attached hydrogens (tertiary/aromatic N) is 2. The SMILES string of the molecule is CCOC(=O)N1CCN(C(=O)[C@H](C)Oc2cc(C)ccc2C)CC1. The summed E-state index contributed by atoms with van der Waals surface area (Å²) in [6, 6.07) is 5.95. The summed E-state index contributed by atoms with van der Waals surface area (Å²) in [6.45, 7) is 9.83. The number of amides is 2. The van der Waals surface area contributed by atoms with Crippen LogP contribution in [0.1, 0.15) is 25.0 Å². The number of benzene rings is 1. The molecular formula is C18H26N2O4. The number of ether oxygens (including phenoxy) is 2. The van der Waals surface area contributed by atoms with Gasteiger partial charge in [0.05, 0.1) is 6.61 Å². The van der Waals surface area contributed by atoms with Gasteiger partial charge in [-0.25, -0.2) is 4.79 Å². The zero-order valence-electron chi connectivity index (χ0n) is 14.9. The Kier molecular flexibility index (Phi) is 6.06. The standard InChI is InChI=1S/C18H26N2O4/c1-5-23-18(22)20-10-8-19(9-11-20)17(21)15(4)24-16-12-13(2)6-7-14(16)3/h6-7,12,15H,5,8-11H2,1-4H3/t15-/m0/s1. The van der Waals surface area contributed by atoms with Gasteiger partial charge < -0.3 is 19.3 Å². The molecule has 6 heteroatoms. The van der Waals surface area contributed by atoms with Gasteiger partial charge in [0, 0.05) is 26.2 Å². The zero-order valence-corrected chi connectivity index (χ0v) is 14.9. The third-order valence-corrected chi connectivity index (χ3v) is 4.11. The molecule has 0 aromatic heterocycles. The summed E-state index contributed by atoms with van der Waals surface area (Å²) in [5.74, 6) is 0.681. The topological polar surface area (TPSA) is 59.1 Å². The number of rotatable bonds is 4. The van der Waals surface area contributed by atoms with E-state index in [9.17, 15) is 9.59 Å². The van der Waals surface area contributed by atoms with Crippen LogP contribution in [0.4, 0.5) is 4.79 Å². The molecule has 0 N–H and O–H groups in total. The zero-order chi connectivity index (χ0) is 17.7. The normalized spacial score (nSPS) is 15.8. The summed E-state index contributed by atoms with van der Waals surface area (Å²) >= 11 is 0. The number of carbonyl (C=O) groups is 2. The highest BCUT2D eigenvalue weighted by Crippen LogP contribution is 2.21. The van der Waals surface area contributed by atoms with Crippen LogP contribution in [0.15, 0.2) is 18.2 Å². The van der Waals surface area contributed by atoms with Crippen molar-refractivity contribution in [2.45, 2.75) is 33.8 Å². The first-order chi connectivity index (χ1) is 11.4. The molecule has 0 unspecified atom stereocenters. The molecule has 1 aromatic carbocycles. The van der Waals surface area contributed by atoms with Crippen LogP contribution in [0.2, 0.25) is 0 Å². The lowest BCUT2D eigenvalue weighted by Crippen LogP contribution is -2.53. The van der Waals surface area contributed by atoms with Crippen molar-refractivity contribution in [2.24, 2.45) is 0 Å². The Morgan fingerprint density at radius 3 is 2.38 bits per heavy atom. The minimum atomic E-state index is -0.556. The van der Waals surface area contributed by atoms with Crippen LogP contribution < -0.4 is 4.74 Å². The van der Waals surface area contributed by atoms with Gasteiger partial charge in [0.2, 0.25) is 0 Å². The molecule has 1 fully saturated rings. The van der Waals surface area contributed by atoms with Crippen LogP contribution in [0, 0.1) is 13.8 Å². The molecule has 6 nitrogen and oxygen atoms in total. The molecule has 2 rings (SSSR count). The third-order valence-electron chi connectivity index (χ3n) is 4.11. The molecule has 1 aliphatic heterocycles. The van der Waals surface area contributed by atoms with Gasteiger partial charge in [-0.05, 0) is 44.9 Å². The van der Waals surface area contributed by atoms with E-state index in [1.807, 2.05) is 32.0 Å². The van der Waals surface area contributed by atoms with Crippen LogP contribution in [0.3, 0.4) is 0 Å². The number of piperazine rings is 1. The molecule has 1 atom stereocenters. The molecule has 0 spiro atoms. The van der Waals surface area contributed by atoms with E-state index in [2.05, 4.69) is 0 Å². The van der Waals surface area contributed by atoms with Crippen molar-refractivity contribution in [2.75, 3.05) is 32.8 Å². The average Bonchev–Trinajstić information content (AvgIpc) is 2.57. The summed E-state index contributed by atoms with van der Waals surface area (Å²) in [4.78, 5) is 27.6. The van der Waals surface area contributed by atoms with Gasteiger partial charge in [0.15, 0.2) is 6.10 Å². The molecule has 2 amide bonds. The number of carbonyl (C=O) groups excluding carboxylic acids is 2. The van der Waals surface area contributed by atoms with Gasteiger partial charge in [-0.15, -0.1) is 0 Å². The van der Waals surface area contributed by atoms with Gasteiger partial charge >= 0.3 is 6.09 Å². The smallest absolute Gasteiger partial charge is 0.409 e. The van der Waals surface area contributed by atoms with Crippen LogP contribution in [0.25, 0.3) is 0 Å². The Labute approximate surface area is 143 Å². The first-order valence-electron chi connectivity index (χ1n) is 8.36. The van der Waals surface area contributed by atoms with Gasteiger partial charge in [0.25, 0.3) is 5.91 Å². The van der Waals surface area contributed by atoms with Crippen LogP contribution >= 0.6 is 0 Å². The highest BCUT2D eigenvalue weighted by molar-refractivity contribution is 5.81. The minimum Gasteiger partial charge on any atom is -0.481 e. The third kappa shape index (κ3) is 4.40. The van der Waals surface area contributed by atoms with Crippen LogP contribution in [-0.2, 0) is 9.53 Å². The molecule has 1 saturated heterocycles.